The molecule has 0 aromatic heterocycles. The van der Waals surface area contributed by atoms with Crippen molar-refractivity contribution >= 4 is 17.5 Å². The smallest absolute Gasteiger partial charge is 0.280 e. The first-order valence-corrected chi connectivity index (χ1v) is 9.65. The molecule has 5 nitrogen and oxygen atoms in total. The zero-order valence-corrected chi connectivity index (χ0v) is 17.1. The van der Waals surface area contributed by atoms with Gasteiger partial charge in [0.25, 0.3) is 11.8 Å². The van der Waals surface area contributed by atoms with E-state index in [1.54, 1.807) is 0 Å². The summed E-state index contributed by atoms with van der Waals surface area (Å²) in [4.78, 5) is 28.2. The number of nitrogens with zero attached hydrogens (tertiary/aromatic N) is 1. The monoisotopic (exact) mass is 360 g/mol. The summed E-state index contributed by atoms with van der Waals surface area (Å²) >= 11 is 0. The second-order valence-electron chi connectivity index (χ2n) is 8.30. The molecular formula is C21H34N3O2+. The van der Waals surface area contributed by atoms with E-state index < -0.39 is 0 Å². The fraction of sp³-hybridized carbons (Fsp3) is 0.619. The van der Waals surface area contributed by atoms with Gasteiger partial charge in [0.05, 0.1) is 7.05 Å². The van der Waals surface area contributed by atoms with Crippen LogP contribution in [0.1, 0.15) is 38.3 Å². The number of anilines is 1. The molecule has 1 saturated heterocycles. The standard InChI is InChI=1S/C21H33N3O2/c1-14-7-8-17(4)19(10-14)22-20(25)13-23(6)18(5)21(26)24-11-15(2)9-16(3)12-24/h7-8,10,15-16,18H,9,11-13H2,1-6H3,(H,22,25)/p+1/t15-,16+,18-/m0/s1. The van der Waals surface area contributed by atoms with Crippen LogP contribution in [0.25, 0.3) is 0 Å². The number of hydrogen-bond acceptors (Lipinski definition) is 2. The van der Waals surface area contributed by atoms with E-state index >= 15 is 0 Å². The van der Waals surface area contributed by atoms with Gasteiger partial charge < -0.3 is 15.1 Å². The van der Waals surface area contributed by atoms with Crippen molar-refractivity contribution in [1.29, 1.82) is 0 Å². The first kappa shape index (κ1) is 20.4. The van der Waals surface area contributed by atoms with Crippen molar-refractivity contribution in [3.63, 3.8) is 0 Å². The number of amides is 2. The third-order valence-corrected chi connectivity index (χ3v) is 5.40. The second kappa shape index (κ2) is 8.67. The van der Waals surface area contributed by atoms with Gasteiger partial charge in [-0.1, -0.05) is 26.0 Å². The van der Waals surface area contributed by atoms with Crippen molar-refractivity contribution in [2.45, 2.75) is 47.1 Å². The highest BCUT2D eigenvalue weighted by Gasteiger charge is 2.32. The molecule has 0 bridgehead atoms. The molecule has 2 amide bonds. The summed E-state index contributed by atoms with van der Waals surface area (Å²) in [5.41, 5.74) is 3.01. The van der Waals surface area contributed by atoms with Crippen molar-refractivity contribution in [2.75, 3.05) is 32.0 Å². The molecule has 1 fully saturated rings. The third-order valence-electron chi connectivity index (χ3n) is 5.40. The lowest BCUT2D eigenvalue weighted by molar-refractivity contribution is -0.886. The molecule has 1 aromatic carbocycles. The predicted molar refractivity (Wildman–Crippen MR) is 105 cm³/mol. The summed E-state index contributed by atoms with van der Waals surface area (Å²) < 4.78 is 0. The normalized spacial score (nSPS) is 22.6. The van der Waals surface area contributed by atoms with E-state index in [1.807, 2.05) is 50.9 Å². The fourth-order valence-corrected chi connectivity index (χ4v) is 3.80. The van der Waals surface area contributed by atoms with Gasteiger partial charge in [-0.15, -0.1) is 0 Å². The summed E-state index contributed by atoms with van der Waals surface area (Å²) in [7, 11) is 1.92. The number of hydrogen-bond donors (Lipinski definition) is 2. The Hall–Kier alpha value is -1.88. The van der Waals surface area contributed by atoms with Crippen LogP contribution in [0.3, 0.4) is 0 Å². The minimum absolute atomic E-state index is 0.0590. The van der Waals surface area contributed by atoms with Crippen LogP contribution in [-0.2, 0) is 9.59 Å². The molecule has 1 heterocycles. The Bertz CT molecular complexity index is 649. The Morgan fingerprint density at radius 3 is 2.46 bits per heavy atom. The van der Waals surface area contributed by atoms with Crippen molar-refractivity contribution < 1.29 is 14.5 Å². The molecule has 1 aromatic rings. The Labute approximate surface area is 157 Å². The van der Waals surface area contributed by atoms with Crippen LogP contribution in [0, 0.1) is 25.7 Å². The van der Waals surface area contributed by atoms with Crippen LogP contribution in [0.5, 0.6) is 0 Å². The number of aryl methyl sites for hydroxylation is 2. The number of nitrogens with one attached hydrogen (secondary N) is 2. The van der Waals surface area contributed by atoms with Gasteiger partial charge in [0, 0.05) is 18.8 Å². The number of likely N-dealkylation sites (N-methyl/N-ethyl adjacent to an activating group) is 1. The van der Waals surface area contributed by atoms with Gasteiger partial charge in [-0.05, 0) is 56.2 Å². The molecule has 1 aliphatic heterocycles. The lowest BCUT2D eigenvalue weighted by atomic mass is 9.91. The Kier molecular flexibility index (Phi) is 6.81. The second-order valence-corrected chi connectivity index (χ2v) is 8.30. The first-order chi connectivity index (χ1) is 12.2. The van der Waals surface area contributed by atoms with Gasteiger partial charge in [-0.2, -0.15) is 0 Å². The molecule has 0 radical (unpaired) electrons. The molecule has 2 rings (SSSR count). The highest BCUT2D eigenvalue weighted by molar-refractivity contribution is 5.92. The van der Waals surface area contributed by atoms with Gasteiger partial charge in [0.15, 0.2) is 12.6 Å². The van der Waals surface area contributed by atoms with Crippen LogP contribution >= 0.6 is 0 Å². The summed E-state index contributed by atoms with van der Waals surface area (Å²) in [5, 5.41) is 2.98. The molecule has 1 aliphatic rings. The van der Waals surface area contributed by atoms with Gasteiger partial charge >= 0.3 is 0 Å². The number of rotatable bonds is 5. The maximum absolute atomic E-state index is 12.8. The summed E-state index contributed by atoms with van der Waals surface area (Å²) in [6.07, 6.45) is 1.18. The summed E-state index contributed by atoms with van der Waals surface area (Å²) in [5.74, 6) is 1.18. The predicted octanol–water partition coefficient (Wildman–Crippen LogP) is 1.65. The van der Waals surface area contributed by atoms with Crippen molar-refractivity contribution in [1.82, 2.24) is 4.90 Å². The third kappa shape index (κ3) is 5.31. The Balaban J connectivity index is 1.93. The van der Waals surface area contributed by atoms with E-state index in [2.05, 4.69) is 19.2 Å². The van der Waals surface area contributed by atoms with E-state index in [-0.39, 0.29) is 24.4 Å². The number of piperidine rings is 1. The maximum Gasteiger partial charge on any atom is 0.280 e. The van der Waals surface area contributed by atoms with E-state index in [0.29, 0.717) is 11.8 Å². The summed E-state index contributed by atoms with van der Waals surface area (Å²) in [6, 6.07) is 5.79. The zero-order chi connectivity index (χ0) is 19.4. The largest absolute Gasteiger partial charge is 0.337 e. The molecule has 0 aliphatic carbocycles. The highest BCUT2D eigenvalue weighted by Crippen LogP contribution is 2.21. The zero-order valence-electron chi connectivity index (χ0n) is 17.1. The molecular weight excluding hydrogens is 326 g/mol. The van der Waals surface area contributed by atoms with Crippen LogP contribution in [0.15, 0.2) is 18.2 Å². The summed E-state index contributed by atoms with van der Waals surface area (Å²) in [6.45, 7) is 12.3. The van der Waals surface area contributed by atoms with Crippen LogP contribution in [-0.4, -0.2) is 49.4 Å². The quantitative estimate of drug-likeness (QED) is 0.839. The van der Waals surface area contributed by atoms with Crippen LogP contribution in [0.2, 0.25) is 0 Å². The molecule has 26 heavy (non-hydrogen) atoms. The van der Waals surface area contributed by atoms with E-state index in [0.717, 1.165) is 34.8 Å². The van der Waals surface area contributed by atoms with Crippen LogP contribution < -0.4 is 10.2 Å². The number of carbonyl (C=O) groups is 2. The molecule has 1 unspecified atom stereocenters. The van der Waals surface area contributed by atoms with Gasteiger partial charge in [0.2, 0.25) is 0 Å². The van der Waals surface area contributed by atoms with Crippen LogP contribution in [0.4, 0.5) is 5.69 Å². The number of likely N-dealkylation sites (tertiary alicyclic amines) is 1. The van der Waals surface area contributed by atoms with Gasteiger partial charge in [0.1, 0.15) is 0 Å². The van der Waals surface area contributed by atoms with Gasteiger partial charge in [-0.3, -0.25) is 9.59 Å². The molecule has 144 valence electrons. The average Bonchev–Trinajstić information content (AvgIpc) is 2.55. The molecule has 2 N–H and O–H groups in total. The topological polar surface area (TPSA) is 53.9 Å². The van der Waals surface area contributed by atoms with Crippen molar-refractivity contribution in [3.05, 3.63) is 29.3 Å². The van der Waals surface area contributed by atoms with E-state index in [9.17, 15) is 9.59 Å². The number of quaternary nitrogens is 1. The Morgan fingerprint density at radius 2 is 1.85 bits per heavy atom. The molecule has 4 atom stereocenters. The fourth-order valence-electron chi connectivity index (χ4n) is 3.80. The molecule has 5 heteroatoms. The van der Waals surface area contributed by atoms with E-state index in [1.165, 1.54) is 6.42 Å². The minimum atomic E-state index is -0.225. The molecule has 0 spiro atoms. The first-order valence-electron chi connectivity index (χ1n) is 9.65. The SMILES string of the molecule is Cc1ccc(C)c(NC(=O)C[NH+](C)[C@@H](C)C(=O)N2C[C@H](C)C[C@H](C)C2)c1. The number of benzene rings is 1. The molecule has 0 saturated carbocycles. The van der Waals surface area contributed by atoms with E-state index in [4.69, 9.17) is 0 Å². The van der Waals surface area contributed by atoms with Gasteiger partial charge in [-0.25, -0.2) is 0 Å². The van der Waals surface area contributed by atoms with Crippen molar-refractivity contribution in [2.24, 2.45) is 11.8 Å². The highest BCUT2D eigenvalue weighted by atomic mass is 16.2. The maximum atomic E-state index is 12.8. The van der Waals surface area contributed by atoms with Crippen molar-refractivity contribution in [3.8, 4) is 0 Å². The lowest BCUT2D eigenvalue weighted by Crippen LogP contribution is -3.15. The lowest BCUT2D eigenvalue weighted by Gasteiger charge is -2.36. The average molecular weight is 361 g/mol. The number of carbonyl (C=O) groups excluding carboxylic acids is 2. The Morgan fingerprint density at radius 1 is 1.23 bits per heavy atom. The minimum Gasteiger partial charge on any atom is -0.337 e.